The van der Waals surface area contributed by atoms with Crippen molar-refractivity contribution in [1.29, 1.82) is 0 Å². The van der Waals surface area contributed by atoms with Crippen LogP contribution in [0.3, 0.4) is 0 Å². The van der Waals surface area contributed by atoms with Gasteiger partial charge in [-0.2, -0.15) is 0 Å². The molecule has 1 aromatic heterocycles. The van der Waals surface area contributed by atoms with E-state index >= 15 is 0 Å². The number of H-pyrrole nitrogens is 1. The SMILES string of the molecule is O=C(CN1CCN(C(=O)c2cc3cc(F)ccc3[nH]2)CC1)NCc1ccccc1. The zero-order chi connectivity index (χ0) is 20.2. The number of fused-ring (bicyclic) bond motifs is 1. The summed E-state index contributed by atoms with van der Waals surface area (Å²) in [5.74, 6) is -0.448. The van der Waals surface area contributed by atoms with Gasteiger partial charge in [-0.25, -0.2) is 4.39 Å². The number of carbonyl (C=O) groups is 2. The predicted octanol–water partition coefficient (Wildman–Crippen LogP) is 2.38. The van der Waals surface area contributed by atoms with E-state index in [1.165, 1.54) is 12.1 Å². The van der Waals surface area contributed by atoms with Crippen LogP contribution in [0.15, 0.2) is 54.6 Å². The molecule has 2 amide bonds. The number of aromatic amines is 1. The average molecular weight is 394 g/mol. The number of nitrogens with one attached hydrogen (secondary N) is 2. The van der Waals surface area contributed by atoms with E-state index in [9.17, 15) is 14.0 Å². The molecule has 1 aliphatic rings. The van der Waals surface area contributed by atoms with Crippen LogP contribution in [0.5, 0.6) is 0 Å². The van der Waals surface area contributed by atoms with Crippen LogP contribution >= 0.6 is 0 Å². The minimum absolute atomic E-state index is 0.0220. The summed E-state index contributed by atoms with van der Waals surface area (Å²) < 4.78 is 13.4. The van der Waals surface area contributed by atoms with Gasteiger partial charge in [0.15, 0.2) is 0 Å². The minimum atomic E-state index is -0.324. The first-order chi connectivity index (χ1) is 14.1. The van der Waals surface area contributed by atoms with Gasteiger partial charge in [-0.1, -0.05) is 30.3 Å². The second-order valence-corrected chi connectivity index (χ2v) is 7.25. The van der Waals surface area contributed by atoms with Crippen LogP contribution in [-0.2, 0) is 11.3 Å². The molecular weight excluding hydrogens is 371 g/mol. The highest BCUT2D eigenvalue weighted by Gasteiger charge is 2.24. The first kappa shape index (κ1) is 19.1. The Labute approximate surface area is 168 Å². The van der Waals surface area contributed by atoms with Crippen molar-refractivity contribution in [2.45, 2.75) is 6.54 Å². The summed E-state index contributed by atoms with van der Waals surface area (Å²) in [7, 11) is 0. The van der Waals surface area contributed by atoms with E-state index in [1.54, 1.807) is 17.0 Å². The van der Waals surface area contributed by atoms with Crippen molar-refractivity contribution >= 4 is 22.7 Å². The third kappa shape index (κ3) is 4.63. The molecule has 0 saturated carbocycles. The molecular formula is C22H23FN4O2. The number of rotatable bonds is 5. The number of benzene rings is 2. The Balaban J connectivity index is 1.27. The van der Waals surface area contributed by atoms with Gasteiger partial charge in [0.25, 0.3) is 5.91 Å². The molecule has 6 nitrogen and oxygen atoms in total. The topological polar surface area (TPSA) is 68.4 Å². The maximum atomic E-state index is 13.4. The summed E-state index contributed by atoms with van der Waals surface area (Å²) in [4.78, 5) is 31.8. The lowest BCUT2D eigenvalue weighted by molar-refractivity contribution is -0.122. The van der Waals surface area contributed by atoms with Gasteiger partial charge < -0.3 is 15.2 Å². The Morgan fingerprint density at radius 1 is 1.00 bits per heavy atom. The van der Waals surface area contributed by atoms with Crippen LogP contribution in [-0.4, -0.2) is 59.3 Å². The number of nitrogens with zero attached hydrogens (tertiary/aromatic N) is 2. The third-order valence-corrected chi connectivity index (χ3v) is 5.17. The number of halogens is 1. The standard InChI is InChI=1S/C22H23FN4O2/c23-18-6-7-19-17(12-18)13-20(25-19)22(29)27-10-8-26(9-11-27)15-21(28)24-14-16-4-2-1-3-5-16/h1-7,12-13,25H,8-11,14-15H2,(H,24,28). The zero-order valence-electron chi connectivity index (χ0n) is 16.0. The molecule has 0 radical (unpaired) electrons. The van der Waals surface area contributed by atoms with Gasteiger partial charge in [0.05, 0.1) is 6.54 Å². The van der Waals surface area contributed by atoms with Gasteiger partial charge in [0.2, 0.25) is 5.91 Å². The maximum absolute atomic E-state index is 13.4. The molecule has 2 aromatic carbocycles. The number of aromatic nitrogens is 1. The van der Waals surface area contributed by atoms with E-state index in [2.05, 4.69) is 10.3 Å². The molecule has 150 valence electrons. The second-order valence-electron chi connectivity index (χ2n) is 7.25. The Hall–Kier alpha value is -3.19. The summed E-state index contributed by atoms with van der Waals surface area (Å²) in [5, 5.41) is 3.61. The normalized spacial score (nSPS) is 14.9. The Kier molecular flexibility index (Phi) is 5.57. The molecule has 2 heterocycles. The fourth-order valence-electron chi connectivity index (χ4n) is 3.55. The number of hydrogen-bond acceptors (Lipinski definition) is 3. The van der Waals surface area contributed by atoms with Crippen molar-refractivity contribution < 1.29 is 14.0 Å². The van der Waals surface area contributed by atoms with Gasteiger partial charge in [0.1, 0.15) is 11.5 Å². The van der Waals surface area contributed by atoms with E-state index in [0.29, 0.717) is 50.3 Å². The van der Waals surface area contributed by atoms with Crippen molar-refractivity contribution in [3.05, 3.63) is 71.7 Å². The van der Waals surface area contributed by atoms with Crippen molar-refractivity contribution in [2.24, 2.45) is 0 Å². The maximum Gasteiger partial charge on any atom is 0.270 e. The molecule has 0 bridgehead atoms. The largest absolute Gasteiger partial charge is 0.351 e. The first-order valence-electron chi connectivity index (χ1n) is 9.69. The van der Waals surface area contributed by atoms with Crippen molar-refractivity contribution in [1.82, 2.24) is 20.1 Å². The molecule has 0 unspecified atom stereocenters. The van der Waals surface area contributed by atoms with Crippen molar-refractivity contribution in [3.8, 4) is 0 Å². The van der Waals surface area contributed by atoms with Crippen LogP contribution in [0.2, 0.25) is 0 Å². The van der Waals surface area contributed by atoms with Crippen LogP contribution in [0.1, 0.15) is 16.1 Å². The molecule has 0 aliphatic carbocycles. The molecule has 1 aliphatic heterocycles. The molecule has 1 saturated heterocycles. The van der Waals surface area contributed by atoms with Crippen LogP contribution in [0.4, 0.5) is 4.39 Å². The Morgan fingerprint density at radius 2 is 1.76 bits per heavy atom. The van der Waals surface area contributed by atoms with Crippen molar-refractivity contribution in [3.63, 3.8) is 0 Å². The molecule has 0 spiro atoms. The summed E-state index contributed by atoms with van der Waals surface area (Å²) >= 11 is 0. The van der Waals surface area contributed by atoms with Crippen LogP contribution < -0.4 is 5.32 Å². The smallest absolute Gasteiger partial charge is 0.270 e. The fraction of sp³-hybridized carbons (Fsp3) is 0.273. The molecule has 29 heavy (non-hydrogen) atoms. The molecule has 2 N–H and O–H groups in total. The predicted molar refractivity (Wildman–Crippen MR) is 109 cm³/mol. The van der Waals surface area contributed by atoms with Crippen molar-refractivity contribution in [2.75, 3.05) is 32.7 Å². The number of amides is 2. The average Bonchev–Trinajstić information content (AvgIpc) is 3.16. The summed E-state index contributed by atoms with van der Waals surface area (Å²) in [6.07, 6.45) is 0. The van der Waals surface area contributed by atoms with Crippen LogP contribution in [0.25, 0.3) is 10.9 Å². The molecule has 3 aromatic rings. The Morgan fingerprint density at radius 3 is 2.52 bits per heavy atom. The first-order valence-corrected chi connectivity index (χ1v) is 9.69. The molecule has 7 heteroatoms. The lowest BCUT2D eigenvalue weighted by atomic mass is 10.2. The lowest BCUT2D eigenvalue weighted by Gasteiger charge is -2.34. The molecule has 4 rings (SSSR count). The summed E-state index contributed by atoms with van der Waals surface area (Å²) in [5.41, 5.74) is 2.26. The second kappa shape index (κ2) is 8.45. The van der Waals surface area contributed by atoms with Gasteiger partial charge in [-0.15, -0.1) is 0 Å². The van der Waals surface area contributed by atoms with E-state index < -0.39 is 0 Å². The van der Waals surface area contributed by atoms with E-state index in [1.807, 2.05) is 35.2 Å². The number of hydrogen-bond donors (Lipinski definition) is 2. The number of carbonyl (C=O) groups excluding carboxylic acids is 2. The fourth-order valence-corrected chi connectivity index (χ4v) is 3.55. The zero-order valence-corrected chi connectivity index (χ0v) is 16.0. The molecule has 1 fully saturated rings. The highest BCUT2D eigenvalue weighted by atomic mass is 19.1. The van der Waals surface area contributed by atoms with Gasteiger partial charge in [0, 0.05) is 43.6 Å². The highest BCUT2D eigenvalue weighted by Crippen LogP contribution is 2.18. The van der Waals surface area contributed by atoms with Crippen LogP contribution in [0, 0.1) is 5.82 Å². The number of piperazine rings is 1. The van der Waals surface area contributed by atoms with E-state index in [0.717, 1.165) is 11.1 Å². The van der Waals surface area contributed by atoms with Gasteiger partial charge in [-0.3, -0.25) is 14.5 Å². The summed E-state index contributed by atoms with van der Waals surface area (Å²) in [6.45, 7) is 3.21. The monoisotopic (exact) mass is 394 g/mol. The van der Waals surface area contributed by atoms with Gasteiger partial charge in [-0.05, 0) is 29.8 Å². The Bertz CT molecular complexity index is 1010. The summed E-state index contributed by atoms with van der Waals surface area (Å²) in [6, 6.07) is 15.9. The quantitative estimate of drug-likeness (QED) is 0.698. The highest BCUT2D eigenvalue weighted by molar-refractivity contribution is 5.98. The van der Waals surface area contributed by atoms with E-state index in [-0.39, 0.29) is 17.6 Å². The lowest BCUT2D eigenvalue weighted by Crippen LogP contribution is -2.51. The van der Waals surface area contributed by atoms with E-state index in [4.69, 9.17) is 0 Å². The van der Waals surface area contributed by atoms with Gasteiger partial charge >= 0.3 is 0 Å². The molecule has 0 atom stereocenters. The third-order valence-electron chi connectivity index (χ3n) is 5.17. The minimum Gasteiger partial charge on any atom is -0.351 e.